The summed E-state index contributed by atoms with van der Waals surface area (Å²) >= 11 is 0. The molecule has 0 aromatic carbocycles. The van der Waals surface area contributed by atoms with Gasteiger partial charge >= 0.3 is 0 Å². The average Bonchev–Trinajstić information content (AvgIpc) is 2.68. The van der Waals surface area contributed by atoms with Crippen LogP contribution in [0.1, 0.15) is 77.6 Å². The first kappa shape index (κ1) is 20.5. The number of hydrogen-bond donors (Lipinski definition) is 2. The molecule has 0 aliphatic carbocycles. The van der Waals surface area contributed by atoms with E-state index in [-0.39, 0.29) is 31.5 Å². The molecule has 5 atom stereocenters. The molecule has 152 valence electrons. The summed E-state index contributed by atoms with van der Waals surface area (Å²) in [7, 11) is 0. The van der Waals surface area contributed by atoms with Gasteiger partial charge in [0, 0.05) is 12.8 Å². The van der Waals surface area contributed by atoms with E-state index in [0.717, 1.165) is 38.5 Å². The van der Waals surface area contributed by atoms with Crippen LogP contribution in [0.15, 0.2) is 0 Å². The quantitative estimate of drug-likeness (QED) is 0.669. The van der Waals surface area contributed by atoms with Crippen molar-refractivity contribution in [2.45, 2.75) is 107 Å². The van der Waals surface area contributed by atoms with Crippen molar-refractivity contribution >= 4 is 0 Å². The highest BCUT2D eigenvalue weighted by atomic mass is 16.8. The number of hydrogen-bond acceptors (Lipinski definition) is 6. The maximum atomic E-state index is 9.65. The average molecular weight is 373 g/mol. The molecule has 0 amide bonds. The van der Waals surface area contributed by atoms with Gasteiger partial charge in [0.25, 0.3) is 0 Å². The van der Waals surface area contributed by atoms with E-state index in [1.54, 1.807) is 0 Å². The predicted molar refractivity (Wildman–Crippen MR) is 96.7 cm³/mol. The lowest BCUT2D eigenvalue weighted by atomic mass is 9.86. The molecule has 0 bridgehead atoms. The molecule has 3 aliphatic rings. The Labute approximate surface area is 157 Å². The van der Waals surface area contributed by atoms with E-state index in [1.165, 1.54) is 19.3 Å². The standard InChI is InChI=1S/C20H36O6/c1-2-3-4-5-8-18-15-23-19(11-6-9-16(13-21)24-19)20(26-18)12-7-10-17(14-22)25-20/h16-18,21-22H,2-15H2,1H3/t16-,17-,18+,19+,20-/m0/s1. The van der Waals surface area contributed by atoms with Crippen LogP contribution >= 0.6 is 0 Å². The van der Waals surface area contributed by atoms with Crippen molar-refractivity contribution in [3.05, 3.63) is 0 Å². The lowest BCUT2D eigenvalue weighted by Gasteiger charge is -2.58. The molecule has 0 unspecified atom stereocenters. The molecule has 2 N–H and O–H groups in total. The van der Waals surface area contributed by atoms with Gasteiger partial charge < -0.3 is 29.2 Å². The fraction of sp³-hybridized carbons (Fsp3) is 1.00. The van der Waals surface area contributed by atoms with Crippen LogP contribution < -0.4 is 0 Å². The first-order valence-electron chi connectivity index (χ1n) is 10.6. The van der Waals surface area contributed by atoms with Crippen molar-refractivity contribution in [3.63, 3.8) is 0 Å². The summed E-state index contributed by atoms with van der Waals surface area (Å²) in [5.41, 5.74) is 0. The summed E-state index contributed by atoms with van der Waals surface area (Å²) in [6.07, 6.45) is 10.1. The molecule has 3 saturated heterocycles. The zero-order chi connectivity index (χ0) is 18.5. The van der Waals surface area contributed by atoms with Crippen LogP contribution in [0, 0.1) is 0 Å². The molecule has 0 aromatic rings. The van der Waals surface area contributed by atoms with Crippen molar-refractivity contribution in [2.75, 3.05) is 19.8 Å². The van der Waals surface area contributed by atoms with E-state index >= 15 is 0 Å². The normalized spacial score (nSPS) is 41.0. The second kappa shape index (κ2) is 9.30. The number of ether oxygens (including phenoxy) is 4. The van der Waals surface area contributed by atoms with Crippen LogP contribution in [0.5, 0.6) is 0 Å². The van der Waals surface area contributed by atoms with E-state index in [0.29, 0.717) is 19.4 Å². The van der Waals surface area contributed by atoms with Crippen molar-refractivity contribution < 1.29 is 29.2 Å². The molecular weight excluding hydrogens is 336 g/mol. The molecule has 26 heavy (non-hydrogen) atoms. The number of aliphatic hydroxyl groups excluding tert-OH is 2. The lowest BCUT2D eigenvalue weighted by molar-refractivity contribution is -0.482. The van der Waals surface area contributed by atoms with Gasteiger partial charge in [-0.1, -0.05) is 32.6 Å². The zero-order valence-electron chi connectivity index (χ0n) is 16.2. The highest BCUT2D eigenvalue weighted by Gasteiger charge is 2.63. The highest BCUT2D eigenvalue weighted by molar-refractivity contribution is 4.99. The summed E-state index contributed by atoms with van der Waals surface area (Å²) in [6.45, 7) is 2.66. The van der Waals surface area contributed by atoms with E-state index in [4.69, 9.17) is 18.9 Å². The predicted octanol–water partition coefficient (Wildman–Crippen LogP) is 2.89. The molecule has 0 saturated carbocycles. The summed E-state index contributed by atoms with van der Waals surface area (Å²) in [6, 6.07) is 0. The van der Waals surface area contributed by atoms with E-state index < -0.39 is 11.6 Å². The minimum Gasteiger partial charge on any atom is -0.394 e. The summed E-state index contributed by atoms with van der Waals surface area (Å²) < 4.78 is 25.4. The Balaban J connectivity index is 1.74. The van der Waals surface area contributed by atoms with Crippen molar-refractivity contribution in [1.29, 1.82) is 0 Å². The second-order valence-electron chi connectivity index (χ2n) is 8.04. The number of aliphatic hydroxyl groups is 2. The van der Waals surface area contributed by atoms with Crippen molar-refractivity contribution in [2.24, 2.45) is 0 Å². The van der Waals surface area contributed by atoms with Crippen LogP contribution in [-0.2, 0) is 18.9 Å². The number of unbranched alkanes of at least 4 members (excludes halogenated alkanes) is 3. The fourth-order valence-corrected chi connectivity index (χ4v) is 4.58. The summed E-state index contributed by atoms with van der Waals surface area (Å²) in [4.78, 5) is 0. The maximum absolute atomic E-state index is 9.65. The van der Waals surface area contributed by atoms with E-state index in [2.05, 4.69) is 6.92 Å². The molecule has 0 radical (unpaired) electrons. The van der Waals surface area contributed by atoms with Gasteiger partial charge in [-0.2, -0.15) is 0 Å². The van der Waals surface area contributed by atoms with Gasteiger partial charge in [0.15, 0.2) is 0 Å². The minimum atomic E-state index is -0.972. The van der Waals surface area contributed by atoms with Crippen LogP contribution in [0.25, 0.3) is 0 Å². The Kier molecular flexibility index (Phi) is 7.33. The van der Waals surface area contributed by atoms with Gasteiger partial charge in [-0.15, -0.1) is 0 Å². The number of fused-ring (bicyclic) bond motifs is 1. The van der Waals surface area contributed by atoms with Crippen molar-refractivity contribution in [3.8, 4) is 0 Å². The molecule has 0 aromatic heterocycles. The molecular formula is C20H36O6. The van der Waals surface area contributed by atoms with Gasteiger partial charge in [0.05, 0.1) is 38.1 Å². The van der Waals surface area contributed by atoms with E-state index in [9.17, 15) is 10.2 Å². The Morgan fingerprint density at radius 1 is 0.808 bits per heavy atom. The monoisotopic (exact) mass is 372 g/mol. The molecule has 3 aliphatic heterocycles. The van der Waals surface area contributed by atoms with Gasteiger partial charge in [0.1, 0.15) is 0 Å². The SMILES string of the molecule is CCCCCC[C@@H]1CO[C@@]2(CCC[C@@H](CO)O2)[C@]2(CCC[C@@H](CO)O2)O1. The summed E-state index contributed by atoms with van der Waals surface area (Å²) in [5, 5.41) is 19.3. The largest absolute Gasteiger partial charge is 0.394 e. The smallest absolute Gasteiger partial charge is 0.224 e. The highest BCUT2D eigenvalue weighted by Crippen LogP contribution is 2.50. The minimum absolute atomic E-state index is 0.00646. The third-order valence-electron chi connectivity index (χ3n) is 6.00. The third-order valence-corrected chi connectivity index (χ3v) is 6.00. The molecule has 6 nitrogen and oxygen atoms in total. The first-order valence-corrected chi connectivity index (χ1v) is 10.6. The third kappa shape index (κ3) is 4.26. The van der Waals surface area contributed by atoms with E-state index in [1.807, 2.05) is 0 Å². The fourth-order valence-electron chi connectivity index (χ4n) is 4.58. The van der Waals surface area contributed by atoms with Crippen LogP contribution in [0.4, 0.5) is 0 Å². The number of rotatable bonds is 7. The lowest BCUT2D eigenvalue weighted by Crippen LogP contribution is -2.69. The second-order valence-corrected chi connectivity index (χ2v) is 8.04. The Morgan fingerprint density at radius 2 is 1.42 bits per heavy atom. The molecule has 3 rings (SSSR count). The van der Waals surface area contributed by atoms with Gasteiger partial charge in [-0.05, 0) is 32.1 Å². The summed E-state index contributed by atoms with van der Waals surface area (Å²) in [5.74, 6) is -1.94. The van der Waals surface area contributed by atoms with Crippen molar-refractivity contribution in [1.82, 2.24) is 0 Å². The van der Waals surface area contributed by atoms with Gasteiger partial charge in [-0.3, -0.25) is 0 Å². The van der Waals surface area contributed by atoms with Crippen LogP contribution in [-0.4, -0.2) is 59.9 Å². The zero-order valence-corrected chi connectivity index (χ0v) is 16.2. The molecule has 3 heterocycles. The topological polar surface area (TPSA) is 77.4 Å². The molecule has 2 spiro atoms. The molecule has 6 heteroatoms. The first-order chi connectivity index (χ1) is 12.7. The Bertz CT molecular complexity index is 433. The van der Waals surface area contributed by atoms with Crippen LogP contribution in [0.2, 0.25) is 0 Å². The maximum Gasteiger partial charge on any atom is 0.224 e. The Hall–Kier alpha value is -0.240. The van der Waals surface area contributed by atoms with Gasteiger partial charge in [0.2, 0.25) is 11.6 Å². The molecule has 3 fully saturated rings. The van der Waals surface area contributed by atoms with Gasteiger partial charge in [-0.25, -0.2) is 0 Å². The Morgan fingerprint density at radius 3 is 2.08 bits per heavy atom. The van der Waals surface area contributed by atoms with Crippen LogP contribution in [0.3, 0.4) is 0 Å².